The topological polar surface area (TPSA) is 114 Å². The number of aromatic nitrogens is 2. The molecule has 6 rings (SSSR count). The number of amides is 2. The van der Waals surface area contributed by atoms with Gasteiger partial charge in [-0.1, -0.05) is 0 Å². The first-order valence-electron chi connectivity index (χ1n) is 14.4. The van der Waals surface area contributed by atoms with E-state index in [1.807, 2.05) is 61.5 Å². The van der Waals surface area contributed by atoms with Gasteiger partial charge in [0.1, 0.15) is 5.82 Å². The standard InChI is InChI=1S/C34H34N6O3/c1-39(2)27-12-7-24(8-13-27)33(42)35-25-9-3-23(4-10-25)34(43)36-26-11-16-30-31(21-26)38-32(37-30)22-5-14-28(15-6-22)40-19-17-29(41)18-20-40/h3-16,21,29,41H,17-20H2,1-2H3,(H,35,42)(H,36,43)(H,37,38). The normalized spacial score (nSPS) is 13.6. The molecule has 2 heterocycles. The minimum Gasteiger partial charge on any atom is -0.393 e. The van der Waals surface area contributed by atoms with Crippen molar-refractivity contribution in [3.63, 3.8) is 0 Å². The van der Waals surface area contributed by atoms with E-state index < -0.39 is 0 Å². The fourth-order valence-electron chi connectivity index (χ4n) is 5.20. The number of aromatic amines is 1. The molecule has 0 spiro atoms. The fraction of sp³-hybridized carbons (Fsp3) is 0.206. The number of benzene rings is 4. The van der Waals surface area contributed by atoms with Crippen LogP contribution in [-0.2, 0) is 0 Å². The van der Waals surface area contributed by atoms with Gasteiger partial charge in [0.2, 0.25) is 0 Å². The van der Waals surface area contributed by atoms with Gasteiger partial charge in [0, 0.05) is 66.6 Å². The molecule has 4 N–H and O–H groups in total. The fourth-order valence-corrected chi connectivity index (χ4v) is 5.20. The molecule has 43 heavy (non-hydrogen) atoms. The maximum Gasteiger partial charge on any atom is 0.255 e. The molecule has 1 fully saturated rings. The van der Waals surface area contributed by atoms with Gasteiger partial charge in [-0.3, -0.25) is 9.59 Å². The first kappa shape index (κ1) is 28.0. The van der Waals surface area contributed by atoms with Crippen molar-refractivity contribution >= 4 is 45.6 Å². The molecule has 0 radical (unpaired) electrons. The molecule has 1 aliphatic heterocycles. The minimum atomic E-state index is -0.256. The summed E-state index contributed by atoms with van der Waals surface area (Å²) in [5.41, 5.74) is 7.02. The van der Waals surface area contributed by atoms with Crippen LogP contribution in [0.1, 0.15) is 33.6 Å². The second-order valence-electron chi connectivity index (χ2n) is 11.0. The maximum absolute atomic E-state index is 13.0. The second-order valence-corrected chi connectivity index (χ2v) is 11.0. The molecule has 0 atom stereocenters. The number of H-pyrrole nitrogens is 1. The number of carbonyl (C=O) groups is 2. The van der Waals surface area contributed by atoms with E-state index in [0.29, 0.717) is 22.5 Å². The number of rotatable bonds is 7. The molecule has 0 aliphatic carbocycles. The van der Waals surface area contributed by atoms with E-state index in [-0.39, 0.29) is 17.9 Å². The van der Waals surface area contributed by atoms with Crippen molar-refractivity contribution in [1.29, 1.82) is 0 Å². The molecule has 0 bridgehead atoms. The Morgan fingerprint density at radius 2 is 1.40 bits per heavy atom. The van der Waals surface area contributed by atoms with Crippen molar-refractivity contribution in [2.75, 3.05) is 47.6 Å². The summed E-state index contributed by atoms with van der Waals surface area (Å²) < 4.78 is 0. The summed E-state index contributed by atoms with van der Waals surface area (Å²) in [5, 5.41) is 15.6. The number of imidazole rings is 1. The predicted octanol–water partition coefficient (Wildman–Crippen LogP) is 5.76. The number of hydrogen-bond acceptors (Lipinski definition) is 6. The Hall–Kier alpha value is -5.15. The molecule has 9 nitrogen and oxygen atoms in total. The van der Waals surface area contributed by atoms with Gasteiger partial charge in [0.15, 0.2) is 0 Å². The summed E-state index contributed by atoms with van der Waals surface area (Å²) in [7, 11) is 3.90. The number of carbonyl (C=O) groups excluding carboxylic acids is 2. The van der Waals surface area contributed by atoms with Crippen LogP contribution in [0.3, 0.4) is 0 Å². The number of nitrogens with zero attached hydrogens (tertiary/aromatic N) is 3. The quantitative estimate of drug-likeness (QED) is 0.197. The van der Waals surface area contributed by atoms with Gasteiger partial charge in [-0.2, -0.15) is 0 Å². The first-order valence-corrected chi connectivity index (χ1v) is 14.4. The van der Waals surface area contributed by atoms with Gasteiger partial charge >= 0.3 is 0 Å². The van der Waals surface area contributed by atoms with Crippen LogP contribution in [0.4, 0.5) is 22.7 Å². The summed E-state index contributed by atoms with van der Waals surface area (Å²) >= 11 is 0. The summed E-state index contributed by atoms with van der Waals surface area (Å²) in [5.74, 6) is 0.284. The van der Waals surface area contributed by atoms with Gasteiger partial charge < -0.3 is 30.5 Å². The summed E-state index contributed by atoms with van der Waals surface area (Å²) in [6.07, 6.45) is 1.39. The van der Waals surface area contributed by atoms with Crippen LogP contribution in [0.25, 0.3) is 22.4 Å². The molecule has 0 saturated carbocycles. The highest BCUT2D eigenvalue weighted by Gasteiger charge is 2.17. The van der Waals surface area contributed by atoms with Crippen LogP contribution in [0.2, 0.25) is 0 Å². The first-order chi connectivity index (χ1) is 20.8. The lowest BCUT2D eigenvalue weighted by Crippen LogP contribution is -2.35. The van der Waals surface area contributed by atoms with E-state index >= 15 is 0 Å². The lowest BCUT2D eigenvalue weighted by Gasteiger charge is -2.31. The molecule has 9 heteroatoms. The van der Waals surface area contributed by atoms with Crippen LogP contribution in [0.5, 0.6) is 0 Å². The van der Waals surface area contributed by atoms with Crippen molar-refractivity contribution in [3.8, 4) is 11.4 Å². The van der Waals surface area contributed by atoms with E-state index in [2.05, 4.69) is 32.7 Å². The zero-order valence-electron chi connectivity index (χ0n) is 24.2. The van der Waals surface area contributed by atoms with Gasteiger partial charge in [-0.05, 0) is 104 Å². The van der Waals surface area contributed by atoms with Crippen LogP contribution < -0.4 is 20.4 Å². The van der Waals surface area contributed by atoms with Gasteiger partial charge in [-0.25, -0.2) is 4.98 Å². The molecule has 1 aliphatic rings. The average molecular weight is 575 g/mol. The van der Waals surface area contributed by atoms with E-state index in [1.165, 1.54) is 0 Å². The molecule has 4 aromatic carbocycles. The zero-order chi connectivity index (χ0) is 29.9. The number of piperidine rings is 1. The van der Waals surface area contributed by atoms with Crippen LogP contribution in [-0.4, -0.2) is 60.2 Å². The molecular formula is C34H34N6O3. The van der Waals surface area contributed by atoms with E-state index in [9.17, 15) is 14.7 Å². The van der Waals surface area contributed by atoms with E-state index in [0.717, 1.165) is 59.7 Å². The molecule has 5 aromatic rings. The van der Waals surface area contributed by atoms with Crippen molar-refractivity contribution in [1.82, 2.24) is 9.97 Å². The highest BCUT2D eigenvalue weighted by Crippen LogP contribution is 2.27. The lowest BCUT2D eigenvalue weighted by atomic mass is 10.1. The Bertz CT molecular complexity index is 1740. The molecular weight excluding hydrogens is 540 g/mol. The summed E-state index contributed by atoms with van der Waals surface area (Å²) in [4.78, 5) is 38.0. The number of hydrogen-bond donors (Lipinski definition) is 4. The molecule has 1 aromatic heterocycles. The minimum absolute atomic E-state index is 0.196. The number of aliphatic hydroxyl groups is 1. The Kier molecular flexibility index (Phi) is 7.81. The van der Waals surface area contributed by atoms with Gasteiger partial charge in [0.25, 0.3) is 11.8 Å². The number of nitrogens with one attached hydrogen (secondary N) is 3. The lowest BCUT2D eigenvalue weighted by molar-refractivity contribution is 0.102. The number of fused-ring (bicyclic) bond motifs is 1. The van der Waals surface area contributed by atoms with Crippen LogP contribution in [0.15, 0.2) is 91.0 Å². The number of aliphatic hydroxyl groups excluding tert-OH is 1. The summed E-state index contributed by atoms with van der Waals surface area (Å²) in [6.45, 7) is 1.71. The van der Waals surface area contributed by atoms with Crippen LogP contribution in [0, 0.1) is 0 Å². The van der Waals surface area contributed by atoms with Crippen LogP contribution >= 0.6 is 0 Å². The van der Waals surface area contributed by atoms with Crippen molar-refractivity contribution in [2.24, 2.45) is 0 Å². The Morgan fingerprint density at radius 1 is 0.814 bits per heavy atom. The maximum atomic E-state index is 13.0. The molecule has 218 valence electrons. The highest BCUT2D eigenvalue weighted by molar-refractivity contribution is 6.07. The second kappa shape index (κ2) is 12.0. The van der Waals surface area contributed by atoms with Crippen molar-refractivity contribution < 1.29 is 14.7 Å². The molecule has 0 unspecified atom stereocenters. The Morgan fingerprint density at radius 3 is 2.02 bits per heavy atom. The summed E-state index contributed by atoms with van der Waals surface area (Å²) in [6, 6.07) is 28.0. The van der Waals surface area contributed by atoms with Gasteiger partial charge in [0.05, 0.1) is 17.1 Å². The third-order valence-electron chi connectivity index (χ3n) is 7.76. The largest absolute Gasteiger partial charge is 0.393 e. The van der Waals surface area contributed by atoms with Gasteiger partial charge in [-0.15, -0.1) is 0 Å². The number of anilines is 4. The third kappa shape index (κ3) is 6.37. The SMILES string of the molecule is CN(C)c1ccc(C(=O)Nc2ccc(C(=O)Nc3ccc4[nH]c(-c5ccc(N6CCC(O)CC6)cc5)nc4c3)cc2)cc1. The van der Waals surface area contributed by atoms with E-state index in [4.69, 9.17) is 4.98 Å². The highest BCUT2D eigenvalue weighted by atomic mass is 16.3. The predicted molar refractivity (Wildman–Crippen MR) is 172 cm³/mol. The molecule has 1 saturated heterocycles. The third-order valence-corrected chi connectivity index (χ3v) is 7.76. The molecule has 2 amide bonds. The Labute approximate surface area is 250 Å². The smallest absolute Gasteiger partial charge is 0.255 e. The average Bonchev–Trinajstić information content (AvgIpc) is 3.45. The van der Waals surface area contributed by atoms with Crippen molar-refractivity contribution in [2.45, 2.75) is 18.9 Å². The van der Waals surface area contributed by atoms with Crippen molar-refractivity contribution in [3.05, 3.63) is 102 Å². The van der Waals surface area contributed by atoms with E-state index in [1.54, 1.807) is 36.4 Å². The zero-order valence-corrected chi connectivity index (χ0v) is 24.2. The Balaban J connectivity index is 1.08. The monoisotopic (exact) mass is 574 g/mol.